The van der Waals surface area contributed by atoms with Gasteiger partial charge < -0.3 is 15.5 Å². The highest BCUT2D eigenvalue weighted by molar-refractivity contribution is 5.87. The fraction of sp³-hybridized carbons (Fsp3) is 0.632. The van der Waals surface area contributed by atoms with E-state index in [1.807, 2.05) is 6.07 Å². The van der Waals surface area contributed by atoms with Crippen molar-refractivity contribution in [1.29, 1.82) is 0 Å². The van der Waals surface area contributed by atoms with Crippen LogP contribution in [0, 0.1) is 11.3 Å². The number of carboxylic acid groups (broad SMARTS) is 1. The van der Waals surface area contributed by atoms with Crippen LogP contribution in [0.5, 0.6) is 0 Å². The Morgan fingerprint density at radius 2 is 1.96 bits per heavy atom. The summed E-state index contributed by atoms with van der Waals surface area (Å²) in [6.45, 7) is 7.95. The zero-order chi connectivity index (χ0) is 17.1. The highest BCUT2D eigenvalue weighted by Gasteiger charge is 2.36. The molecule has 23 heavy (non-hydrogen) atoms. The van der Waals surface area contributed by atoms with Gasteiger partial charge in [-0.05, 0) is 54.7 Å². The minimum Gasteiger partial charge on any atom is -0.478 e. The second-order valence-electron chi connectivity index (χ2n) is 7.97. The van der Waals surface area contributed by atoms with E-state index in [9.17, 15) is 9.90 Å². The van der Waals surface area contributed by atoms with Crippen LogP contribution in [-0.4, -0.2) is 28.3 Å². The predicted octanol–water partition coefficient (Wildman–Crippen LogP) is 3.44. The van der Waals surface area contributed by atoms with E-state index in [1.165, 1.54) is 0 Å². The molecule has 0 aliphatic heterocycles. The van der Waals surface area contributed by atoms with Crippen LogP contribution in [0.3, 0.4) is 0 Å². The molecule has 0 radical (unpaired) electrons. The monoisotopic (exact) mass is 319 g/mol. The molecule has 1 saturated carbocycles. The number of carboxylic acids is 1. The molecule has 1 aliphatic rings. The van der Waals surface area contributed by atoms with Gasteiger partial charge in [0, 0.05) is 13.1 Å². The van der Waals surface area contributed by atoms with Gasteiger partial charge in [0.1, 0.15) is 0 Å². The summed E-state index contributed by atoms with van der Waals surface area (Å²) in [5.74, 6) is -0.235. The summed E-state index contributed by atoms with van der Waals surface area (Å²) in [6, 6.07) is 6.92. The van der Waals surface area contributed by atoms with E-state index in [1.54, 1.807) is 18.2 Å². The van der Waals surface area contributed by atoms with Crippen molar-refractivity contribution in [2.24, 2.45) is 11.3 Å². The van der Waals surface area contributed by atoms with Crippen molar-refractivity contribution < 1.29 is 15.0 Å². The van der Waals surface area contributed by atoms with Gasteiger partial charge in [0.2, 0.25) is 0 Å². The molecule has 0 bridgehead atoms. The Labute approximate surface area is 138 Å². The Hall–Kier alpha value is -1.39. The second kappa shape index (κ2) is 7.02. The number of aliphatic hydroxyl groups is 1. The second-order valence-corrected chi connectivity index (χ2v) is 7.97. The number of nitrogens with one attached hydrogen (secondary N) is 1. The molecule has 0 spiro atoms. The highest BCUT2D eigenvalue weighted by atomic mass is 16.4. The number of aromatic carboxylic acids is 1. The van der Waals surface area contributed by atoms with Crippen molar-refractivity contribution in [3.63, 3.8) is 0 Å². The lowest BCUT2D eigenvalue weighted by Crippen LogP contribution is -2.44. The third-order valence-electron chi connectivity index (χ3n) is 5.10. The third-order valence-corrected chi connectivity index (χ3v) is 5.10. The van der Waals surface area contributed by atoms with Gasteiger partial charge >= 0.3 is 5.97 Å². The van der Waals surface area contributed by atoms with E-state index in [0.29, 0.717) is 30.0 Å². The minimum atomic E-state index is -0.911. The molecule has 0 unspecified atom stereocenters. The van der Waals surface area contributed by atoms with Crippen molar-refractivity contribution in [2.45, 2.75) is 58.6 Å². The molecule has 1 aromatic carbocycles. The number of hydrogen-bond acceptors (Lipinski definition) is 3. The number of hydrogen-bond donors (Lipinski definition) is 3. The fourth-order valence-corrected chi connectivity index (χ4v) is 3.45. The first kappa shape index (κ1) is 18.0. The average Bonchev–Trinajstić information content (AvgIpc) is 2.47. The Kier molecular flexibility index (Phi) is 5.48. The predicted molar refractivity (Wildman–Crippen MR) is 91.5 cm³/mol. The van der Waals surface area contributed by atoms with Gasteiger partial charge in [0.25, 0.3) is 0 Å². The number of rotatable bonds is 5. The summed E-state index contributed by atoms with van der Waals surface area (Å²) in [4.78, 5) is 11.0. The molecule has 0 aromatic heterocycles. The lowest BCUT2D eigenvalue weighted by Gasteiger charge is -2.41. The van der Waals surface area contributed by atoms with Crippen LogP contribution in [-0.2, 0) is 6.54 Å². The number of carbonyl (C=O) groups is 1. The maximum Gasteiger partial charge on any atom is 0.335 e. The van der Waals surface area contributed by atoms with Gasteiger partial charge in [-0.15, -0.1) is 0 Å². The normalized spacial score (nSPS) is 25.3. The first-order valence-corrected chi connectivity index (χ1v) is 8.45. The molecule has 1 aliphatic carbocycles. The van der Waals surface area contributed by atoms with Crippen LogP contribution >= 0.6 is 0 Å². The van der Waals surface area contributed by atoms with Crippen molar-refractivity contribution in [3.8, 4) is 0 Å². The summed E-state index contributed by atoms with van der Waals surface area (Å²) < 4.78 is 0. The molecule has 0 saturated heterocycles. The van der Waals surface area contributed by atoms with Gasteiger partial charge in [-0.25, -0.2) is 4.79 Å². The molecular formula is C19H29NO3. The summed E-state index contributed by atoms with van der Waals surface area (Å²) >= 11 is 0. The molecule has 4 heteroatoms. The molecule has 0 atom stereocenters. The van der Waals surface area contributed by atoms with E-state index in [0.717, 1.165) is 31.2 Å². The molecule has 1 aromatic rings. The van der Waals surface area contributed by atoms with E-state index in [2.05, 4.69) is 26.1 Å². The zero-order valence-corrected chi connectivity index (χ0v) is 14.4. The topological polar surface area (TPSA) is 69.6 Å². The molecule has 128 valence electrons. The molecule has 2 rings (SSSR count). The number of benzene rings is 1. The van der Waals surface area contributed by atoms with Crippen molar-refractivity contribution in [1.82, 2.24) is 5.32 Å². The SMILES string of the molecule is CC(C)(C)C1CCC(O)(CNCc2cccc(C(=O)O)c2)CC1. The lowest BCUT2D eigenvalue weighted by molar-refractivity contribution is -0.0239. The van der Waals surface area contributed by atoms with Crippen LogP contribution in [0.15, 0.2) is 24.3 Å². The maximum atomic E-state index is 11.0. The molecule has 0 heterocycles. The lowest BCUT2D eigenvalue weighted by atomic mass is 9.68. The van der Waals surface area contributed by atoms with Crippen LogP contribution in [0.4, 0.5) is 0 Å². The summed E-state index contributed by atoms with van der Waals surface area (Å²) in [5.41, 5.74) is 0.906. The fourth-order valence-electron chi connectivity index (χ4n) is 3.45. The van der Waals surface area contributed by atoms with E-state index < -0.39 is 11.6 Å². The molecule has 1 fully saturated rings. The average molecular weight is 319 g/mol. The van der Waals surface area contributed by atoms with Gasteiger partial charge in [0.15, 0.2) is 0 Å². The molecule has 3 N–H and O–H groups in total. The smallest absolute Gasteiger partial charge is 0.335 e. The summed E-state index contributed by atoms with van der Waals surface area (Å²) in [5, 5.41) is 23.0. The molecular weight excluding hydrogens is 290 g/mol. The quantitative estimate of drug-likeness (QED) is 0.777. The van der Waals surface area contributed by atoms with Crippen LogP contribution < -0.4 is 5.32 Å². The Balaban J connectivity index is 1.82. The summed E-state index contributed by atoms with van der Waals surface area (Å²) in [6.07, 6.45) is 3.79. The van der Waals surface area contributed by atoms with Crippen LogP contribution in [0.2, 0.25) is 0 Å². The van der Waals surface area contributed by atoms with Crippen molar-refractivity contribution in [3.05, 3.63) is 35.4 Å². The van der Waals surface area contributed by atoms with Crippen molar-refractivity contribution >= 4 is 5.97 Å². The zero-order valence-electron chi connectivity index (χ0n) is 14.4. The maximum absolute atomic E-state index is 11.0. The third kappa shape index (κ3) is 5.05. The van der Waals surface area contributed by atoms with Gasteiger partial charge in [-0.1, -0.05) is 32.9 Å². The van der Waals surface area contributed by atoms with Gasteiger partial charge in [0.05, 0.1) is 11.2 Å². The van der Waals surface area contributed by atoms with Crippen LogP contribution in [0.1, 0.15) is 62.4 Å². The first-order chi connectivity index (χ1) is 10.7. The first-order valence-electron chi connectivity index (χ1n) is 8.45. The Morgan fingerprint density at radius 3 is 2.52 bits per heavy atom. The van der Waals surface area contributed by atoms with E-state index >= 15 is 0 Å². The van der Waals surface area contributed by atoms with Gasteiger partial charge in [-0.2, -0.15) is 0 Å². The largest absolute Gasteiger partial charge is 0.478 e. The van der Waals surface area contributed by atoms with E-state index in [4.69, 9.17) is 5.11 Å². The van der Waals surface area contributed by atoms with Crippen molar-refractivity contribution in [2.75, 3.05) is 6.54 Å². The molecule has 4 nitrogen and oxygen atoms in total. The standard InChI is InChI=1S/C19H29NO3/c1-18(2,3)16-7-9-19(23,10-8-16)13-20-12-14-5-4-6-15(11-14)17(21)22/h4-6,11,16,20,23H,7-10,12-13H2,1-3H3,(H,21,22). The van der Waals surface area contributed by atoms with Gasteiger partial charge in [-0.3, -0.25) is 0 Å². The Morgan fingerprint density at radius 1 is 1.30 bits per heavy atom. The Bertz CT molecular complexity index is 540. The summed E-state index contributed by atoms with van der Waals surface area (Å²) in [7, 11) is 0. The molecule has 0 amide bonds. The highest BCUT2D eigenvalue weighted by Crippen LogP contribution is 2.41. The van der Waals surface area contributed by atoms with E-state index in [-0.39, 0.29) is 0 Å². The van der Waals surface area contributed by atoms with Crippen LogP contribution in [0.25, 0.3) is 0 Å². The minimum absolute atomic E-state index is 0.300.